The number of amides is 1. The fraction of sp³-hybridized carbons (Fsp3) is 0.200. The van der Waals surface area contributed by atoms with Gasteiger partial charge < -0.3 is 20.2 Å². The number of para-hydroxylation sites is 2. The van der Waals surface area contributed by atoms with Crippen molar-refractivity contribution < 1.29 is 14.7 Å². The number of nitrogens with one attached hydrogen (secondary N) is 2. The molecule has 0 aliphatic heterocycles. The minimum absolute atomic E-state index is 0.0486. The summed E-state index contributed by atoms with van der Waals surface area (Å²) in [7, 11) is 0. The maximum Gasteiger partial charge on any atom is 0.270 e. The Morgan fingerprint density at radius 2 is 1.78 bits per heavy atom. The van der Waals surface area contributed by atoms with E-state index in [4.69, 9.17) is 0 Å². The van der Waals surface area contributed by atoms with Gasteiger partial charge in [-0.25, -0.2) is 4.98 Å². The van der Waals surface area contributed by atoms with Gasteiger partial charge in [-0.05, 0) is 24.1 Å². The van der Waals surface area contributed by atoms with Crippen LogP contribution in [0, 0.1) is 0 Å². The summed E-state index contributed by atoms with van der Waals surface area (Å²) >= 11 is 0. The van der Waals surface area contributed by atoms with Crippen molar-refractivity contribution in [2.75, 3.05) is 0 Å². The van der Waals surface area contributed by atoms with Crippen molar-refractivity contribution in [1.82, 2.24) is 15.3 Å². The molecule has 0 saturated carbocycles. The van der Waals surface area contributed by atoms with E-state index >= 15 is 0 Å². The van der Waals surface area contributed by atoms with Gasteiger partial charge in [0.25, 0.3) is 5.56 Å². The number of carbonyl (C=O) groups is 2. The van der Waals surface area contributed by atoms with E-state index in [0.29, 0.717) is 11.0 Å². The van der Waals surface area contributed by atoms with Gasteiger partial charge in [0.1, 0.15) is 5.69 Å². The molecule has 1 aromatic heterocycles. The van der Waals surface area contributed by atoms with E-state index < -0.39 is 17.9 Å². The number of carboxylic acids is 1. The van der Waals surface area contributed by atoms with Crippen LogP contribution in [0.4, 0.5) is 0 Å². The largest absolute Gasteiger partial charge is 0.548 e. The number of aromatic amines is 1. The lowest BCUT2D eigenvalue weighted by Gasteiger charge is -2.19. The van der Waals surface area contributed by atoms with E-state index in [2.05, 4.69) is 15.3 Å². The molecule has 3 rings (SSSR count). The first kappa shape index (κ1) is 18.3. The van der Waals surface area contributed by atoms with Gasteiger partial charge in [-0.1, -0.05) is 42.5 Å². The summed E-state index contributed by atoms with van der Waals surface area (Å²) in [6, 6.07) is 14.9. The van der Waals surface area contributed by atoms with Crippen LogP contribution in [-0.2, 0) is 22.4 Å². The van der Waals surface area contributed by atoms with Gasteiger partial charge in [0.2, 0.25) is 5.91 Å². The Hall–Kier alpha value is -3.48. The SMILES string of the molecule is O=C(CCc1nc2ccccc2[nH]c1=O)N[C@H](Cc1ccccc1)C(=O)[O-]. The summed E-state index contributed by atoms with van der Waals surface area (Å²) in [6.07, 6.45) is 0.188. The molecule has 7 nitrogen and oxygen atoms in total. The van der Waals surface area contributed by atoms with Gasteiger partial charge in [0.05, 0.1) is 23.0 Å². The molecule has 27 heavy (non-hydrogen) atoms. The summed E-state index contributed by atoms with van der Waals surface area (Å²) in [5.74, 6) is -1.83. The highest BCUT2D eigenvalue weighted by atomic mass is 16.4. The first-order valence-electron chi connectivity index (χ1n) is 8.55. The number of fused-ring (bicyclic) bond motifs is 1. The lowest BCUT2D eigenvalue weighted by atomic mass is 10.1. The molecular formula is C20H18N3O4-. The molecule has 2 aromatic carbocycles. The summed E-state index contributed by atoms with van der Waals surface area (Å²) in [6.45, 7) is 0. The van der Waals surface area contributed by atoms with E-state index in [0.717, 1.165) is 5.56 Å². The Balaban J connectivity index is 1.63. The molecule has 138 valence electrons. The molecule has 0 saturated heterocycles. The molecule has 0 aliphatic carbocycles. The van der Waals surface area contributed by atoms with Crippen molar-refractivity contribution in [2.24, 2.45) is 0 Å². The monoisotopic (exact) mass is 364 g/mol. The fourth-order valence-electron chi connectivity index (χ4n) is 2.78. The van der Waals surface area contributed by atoms with Crippen molar-refractivity contribution in [3.63, 3.8) is 0 Å². The lowest BCUT2D eigenvalue weighted by Crippen LogP contribution is -2.49. The molecule has 0 fully saturated rings. The predicted octanol–water partition coefficient (Wildman–Crippen LogP) is 0.333. The average Bonchev–Trinajstić information content (AvgIpc) is 2.66. The zero-order chi connectivity index (χ0) is 19.2. The van der Waals surface area contributed by atoms with E-state index in [-0.39, 0.29) is 30.5 Å². The number of aryl methyl sites for hydroxylation is 1. The Bertz CT molecular complexity index is 1010. The molecule has 0 unspecified atom stereocenters. The zero-order valence-corrected chi connectivity index (χ0v) is 14.5. The average molecular weight is 364 g/mol. The van der Waals surface area contributed by atoms with Gasteiger partial charge in [-0.2, -0.15) is 0 Å². The summed E-state index contributed by atoms with van der Waals surface area (Å²) in [5, 5.41) is 13.8. The molecule has 1 amide bonds. The smallest absolute Gasteiger partial charge is 0.270 e. The fourth-order valence-corrected chi connectivity index (χ4v) is 2.78. The number of nitrogens with zero attached hydrogens (tertiary/aromatic N) is 1. The minimum atomic E-state index is -1.35. The number of hydrogen-bond donors (Lipinski definition) is 2. The van der Waals surface area contributed by atoms with E-state index in [9.17, 15) is 19.5 Å². The second-order valence-electron chi connectivity index (χ2n) is 6.16. The number of benzene rings is 2. The van der Waals surface area contributed by atoms with Crippen molar-refractivity contribution in [2.45, 2.75) is 25.3 Å². The van der Waals surface area contributed by atoms with Crippen molar-refractivity contribution in [3.05, 3.63) is 76.2 Å². The van der Waals surface area contributed by atoms with Gasteiger partial charge in [-0.3, -0.25) is 9.59 Å². The predicted molar refractivity (Wildman–Crippen MR) is 97.8 cm³/mol. The first-order chi connectivity index (χ1) is 13.0. The van der Waals surface area contributed by atoms with Crippen LogP contribution in [0.5, 0.6) is 0 Å². The van der Waals surface area contributed by atoms with E-state index in [1.807, 2.05) is 6.07 Å². The van der Waals surface area contributed by atoms with Crippen LogP contribution in [0.25, 0.3) is 11.0 Å². The van der Waals surface area contributed by atoms with Gasteiger partial charge >= 0.3 is 0 Å². The summed E-state index contributed by atoms with van der Waals surface area (Å²) < 4.78 is 0. The van der Waals surface area contributed by atoms with E-state index in [1.165, 1.54) is 0 Å². The maximum atomic E-state index is 12.2. The number of rotatable bonds is 7. The lowest BCUT2D eigenvalue weighted by molar-refractivity contribution is -0.308. The molecule has 3 aromatic rings. The van der Waals surface area contributed by atoms with Crippen LogP contribution in [0.3, 0.4) is 0 Å². The van der Waals surface area contributed by atoms with Crippen LogP contribution in [0.1, 0.15) is 17.7 Å². The molecule has 2 N–H and O–H groups in total. The molecule has 0 radical (unpaired) electrons. The quantitative estimate of drug-likeness (QED) is 0.627. The Labute approximate surface area is 155 Å². The molecule has 0 bridgehead atoms. The van der Waals surface area contributed by atoms with Crippen molar-refractivity contribution in [1.29, 1.82) is 0 Å². The van der Waals surface area contributed by atoms with Crippen LogP contribution >= 0.6 is 0 Å². The van der Waals surface area contributed by atoms with Crippen LogP contribution in [0.2, 0.25) is 0 Å². The number of aliphatic carboxylic acids is 1. The molecule has 7 heteroatoms. The second kappa shape index (κ2) is 8.27. The van der Waals surface area contributed by atoms with Crippen LogP contribution in [0.15, 0.2) is 59.4 Å². The highest BCUT2D eigenvalue weighted by molar-refractivity contribution is 5.83. The number of aromatic nitrogens is 2. The highest BCUT2D eigenvalue weighted by Gasteiger charge is 2.15. The Morgan fingerprint density at radius 1 is 1.07 bits per heavy atom. The minimum Gasteiger partial charge on any atom is -0.548 e. The zero-order valence-electron chi connectivity index (χ0n) is 14.5. The molecule has 1 heterocycles. The number of carbonyl (C=O) groups excluding carboxylic acids is 2. The van der Waals surface area contributed by atoms with Crippen LogP contribution < -0.4 is 16.0 Å². The Kier molecular flexibility index (Phi) is 5.61. The highest BCUT2D eigenvalue weighted by Crippen LogP contribution is 2.07. The second-order valence-corrected chi connectivity index (χ2v) is 6.16. The summed E-state index contributed by atoms with van der Waals surface area (Å²) in [4.78, 5) is 42.5. The van der Waals surface area contributed by atoms with Gasteiger partial charge in [-0.15, -0.1) is 0 Å². The summed E-state index contributed by atoms with van der Waals surface area (Å²) in [5.41, 5.74) is 1.90. The molecule has 1 atom stereocenters. The third kappa shape index (κ3) is 4.78. The number of hydrogen-bond acceptors (Lipinski definition) is 5. The normalized spacial score (nSPS) is 11.9. The van der Waals surface area contributed by atoms with Crippen molar-refractivity contribution in [3.8, 4) is 0 Å². The van der Waals surface area contributed by atoms with Crippen molar-refractivity contribution >= 4 is 22.9 Å². The number of carboxylic acid groups (broad SMARTS) is 1. The molecule has 0 spiro atoms. The Morgan fingerprint density at radius 3 is 2.52 bits per heavy atom. The first-order valence-corrected chi connectivity index (χ1v) is 8.55. The molecular weight excluding hydrogens is 346 g/mol. The third-order valence-electron chi connectivity index (χ3n) is 4.16. The van der Waals surface area contributed by atoms with Gasteiger partial charge in [0, 0.05) is 12.8 Å². The van der Waals surface area contributed by atoms with E-state index in [1.54, 1.807) is 48.5 Å². The van der Waals surface area contributed by atoms with Crippen LogP contribution in [-0.4, -0.2) is 27.9 Å². The third-order valence-corrected chi connectivity index (χ3v) is 4.16. The standard InChI is InChI=1S/C20H19N3O4/c24-18(22-17(20(26)27)12-13-6-2-1-3-7-13)11-10-16-19(25)23-15-9-5-4-8-14(15)21-16/h1-9,17H,10-12H2,(H,22,24)(H,23,25)(H,26,27)/p-1/t17-/m1/s1. The van der Waals surface area contributed by atoms with Gasteiger partial charge in [0.15, 0.2) is 0 Å². The number of H-pyrrole nitrogens is 1. The topological polar surface area (TPSA) is 115 Å². The maximum absolute atomic E-state index is 12.2. The molecule has 0 aliphatic rings.